The topological polar surface area (TPSA) is 228 Å². The van der Waals surface area contributed by atoms with Gasteiger partial charge in [0.1, 0.15) is 42.2 Å². The first-order valence-corrected chi connectivity index (χ1v) is 29.2. The Bertz CT molecular complexity index is 2720. The molecule has 6 saturated carbocycles. The number of carbonyl (C=O) groups excluding carboxylic acids is 4. The van der Waals surface area contributed by atoms with Gasteiger partial charge in [0, 0.05) is 29.2 Å². The maximum absolute atomic E-state index is 14.0. The molecule has 17 nitrogen and oxygen atoms in total. The molecule has 75 heavy (non-hydrogen) atoms. The number of allylic oxidation sites excluding steroid dienone is 2. The molecule has 10 aliphatic rings. The zero-order chi connectivity index (χ0) is 53.1. The highest BCUT2D eigenvalue weighted by Crippen LogP contribution is 2.69. The average Bonchev–Trinajstić information content (AvgIpc) is 4.29. The summed E-state index contributed by atoms with van der Waals surface area (Å²) in [6.45, 7) is 12.4. The minimum absolute atomic E-state index is 0.00764. The summed E-state index contributed by atoms with van der Waals surface area (Å²) in [7, 11) is -3.36. The largest absolute Gasteiger partial charge is 0.481 e. The van der Waals surface area contributed by atoms with E-state index in [0.717, 1.165) is 73.7 Å². The van der Waals surface area contributed by atoms with Gasteiger partial charge in [0.15, 0.2) is 31.5 Å². The van der Waals surface area contributed by atoms with Crippen molar-refractivity contribution in [3.8, 4) is 11.4 Å². The third-order valence-electron chi connectivity index (χ3n) is 21.0. The summed E-state index contributed by atoms with van der Waals surface area (Å²) in [5.41, 5.74) is 1.54. The SMILES string of the molecule is CCOP(=O)(COc1cccc(-n2ncc3c2C=C2CCC4C([C@@H](O)C[C@@]5(C)C4CC[C@]5(O)C(=O)CO)[C@@]2(C)C3)c1)OCC.C[C@@H]1C(=O)C2C(CCC3=CC(=O)C(C=O)C[C@@]32C)C2CC[C@@]3(OCOC34COCO4)C21. The van der Waals surface area contributed by atoms with Crippen LogP contribution in [0.5, 0.6) is 5.75 Å². The molecule has 8 fully saturated rings. The second kappa shape index (κ2) is 19.3. The number of Topliss-reactive ketones (excluding diaryl/α,β-unsaturated/α-hetero) is 2. The number of aliphatic hydroxyl groups excluding tert-OH is 2. The van der Waals surface area contributed by atoms with E-state index < -0.39 is 59.8 Å². The molecule has 2 saturated heterocycles. The Morgan fingerprint density at radius 2 is 1.65 bits per heavy atom. The predicted molar refractivity (Wildman–Crippen MR) is 271 cm³/mol. The fourth-order valence-corrected chi connectivity index (χ4v) is 19.1. The number of carbonyl (C=O) groups is 4. The van der Waals surface area contributed by atoms with Crippen LogP contribution < -0.4 is 4.74 Å². The average molecular weight is 1060 g/mol. The Hall–Kier alpha value is -3.74. The molecule has 3 N–H and O–H groups in total. The fraction of sp³-hybridized carbons (Fsp3) is 0.702. The molecule has 2 spiro atoms. The van der Waals surface area contributed by atoms with Crippen LogP contribution >= 0.6 is 7.60 Å². The number of ether oxygens (including phenoxy) is 5. The first-order valence-electron chi connectivity index (χ1n) is 27.5. The molecule has 408 valence electrons. The highest BCUT2D eigenvalue weighted by Gasteiger charge is 2.74. The van der Waals surface area contributed by atoms with E-state index >= 15 is 0 Å². The van der Waals surface area contributed by atoms with Gasteiger partial charge in [-0.3, -0.25) is 18.9 Å². The van der Waals surface area contributed by atoms with E-state index in [0.29, 0.717) is 44.0 Å². The van der Waals surface area contributed by atoms with E-state index in [9.17, 15) is 39.1 Å². The van der Waals surface area contributed by atoms with Gasteiger partial charge in [-0.05, 0) is 155 Å². The number of ketones is 3. The molecule has 3 heterocycles. The van der Waals surface area contributed by atoms with E-state index in [1.54, 1.807) is 26.0 Å². The molecular weight excluding hydrogens is 984 g/mol. The van der Waals surface area contributed by atoms with Crippen molar-refractivity contribution in [1.82, 2.24) is 9.78 Å². The number of benzene rings is 1. The lowest BCUT2D eigenvalue weighted by Gasteiger charge is -2.60. The number of aliphatic hydroxyl groups is 3. The molecule has 0 bridgehead atoms. The van der Waals surface area contributed by atoms with Gasteiger partial charge in [-0.1, -0.05) is 44.9 Å². The van der Waals surface area contributed by atoms with Crippen LogP contribution in [0.15, 0.2) is 47.7 Å². The lowest BCUT2D eigenvalue weighted by atomic mass is 9.45. The number of rotatable bonds is 11. The summed E-state index contributed by atoms with van der Waals surface area (Å²) in [4.78, 5) is 50.7. The Balaban J connectivity index is 0.000000170. The molecule has 1 aromatic carbocycles. The maximum Gasteiger partial charge on any atom is 0.367 e. The summed E-state index contributed by atoms with van der Waals surface area (Å²) < 4.78 is 55.2. The molecule has 2 aliphatic heterocycles. The fourth-order valence-electron chi connectivity index (χ4n) is 17.8. The smallest absolute Gasteiger partial charge is 0.367 e. The lowest BCUT2D eigenvalue weighted by Crippen LogP contribution is -2.63. The molecule has 9 unspecified atom stereocenters. The van der Waals surface area contributed by atoms with Crippen LogP contribution in [0.4, 0.5) is 0 Å². The van der Waals surface area contributed by atoms with Crippen molar-refractivity contribution in [3.63, 3.8) is 0 Å². The van der Waals surface area contributed by atoms with Crippen molar-refractivity contribution in [3.05, 3.63) is 58.9 Å². The van der Waals surface area contributed by atoms with Crippen molar-refractivity contribution in [1.29, 1.82) is 0 Å². The highest BCUT2D eigenvalue weighted by atomic mass is 31.2. The number of aldehydes is 1. The van der Waals surface area contributed by atoms with Crippen molar-refractivity contribution < 1.29 is 71.8 Å². The first kappa shape index (κ1) is 53.3. The van der Waals surface area contributed by atoms with Crippen molar-refractivity contribution in [2.24, 2.45) is 69.5 Å². The van der Waals surface area contributed by atoms with Crippen molar-refractivity contribution >= 4 is 37.3 Å². The van der Waals surface area contributed by atoms with Gasteiger partial charge in [0.05, 0.1) is 42.8 Å². The number of nitrogens with zero attached hydrogens (tertiary/aromatic N) is 2. The number of aromatic nitrogens is 2. The van der Waals surface area contributed by atoms with Gasteiger partial charge in [0.25, 0.3) is 0 Å². The molecule has 12 rings (SSSR count). The Labute approximate surface area is 438 Å². The summed E-state index contributed by atoms with van der Waals surface area (Å²) >= 11 is 0. The van der Waals surface area contributed by atoms with Gasteiger partial charge in [-0.15, -0.1) is 0 Å². The Morgan fingerprint density at radius 1 is 0.920 bits per heavy atom. The van der Waals surface area contributed by atoms with Crippen LogP contribution in [0.3, 0.4) is 0 Å². The number of fused-ring (bicyclic) bond motifs is 13. The highest BCUT2D eigenvalue weighted by molar-refractivity contribution is 7.53. The summed E-state index contributed by atoms with van der Waals surface area (Å²) in [6.07, 6.45) is 13.5. The molecular formula is C57H75N2O15P. The van der Waals surface area contributed by atoms with E-state index in [1.807, 2.05) is 42.9 Å². The van der Waals surface area contributed by atoms with Crippen molar-refractivity contribution in [2.75, 3.05) is 46.4 Å². The monoisotopic (exact) mass is 1060 g/mol. The minimum Gasteiger partial charge on any atom is -0.481 e. The molecule has 1 aromatic heterocycles. The molecule has 0 radical (unpaired) electrons. The minimum atomic E-state index is -3.36. The predicted octanol–water partition coefficient (Wildman–Crippen LogP) is 7.34. The second-order valence-corrected chi connectivity index (χ2v) is 26.1. The van der Waals surface area contributed by atoms with Crippen molar-refractivity contribution in [2.45, 2.75) is 135 Å². The number of hydrogen-bond acceptors (Lipinski definition) is 16. The van der Waals surface area contributed by atoms with Crippen LogP contribution in [-0.4, -0.2) is 118 Å². The Morgan fingerprint density at radius 3 is 2.36 bits per heavy atom. The Kier molecular flexibility index (Phi) is 13.7. The standard InChI is InChI=1S/C33H45N2O8P.C24H30O7/c1-5-42-44(40,43-6-2)20-41-24-9-7-8-23(15-24)35-27-14-22-10-11-25-26-12-13-33(39,29(38)19-36)32(26,4)17-28(37)30(25)31(22,3)16-21(27)18-34-35;1-13-19-17(5-6-23(19)24(31-12-29-23)10-28-11-30-24)16-4-3-15-7-18(26)14(9-25)8-22(15,2)20(16)21(13)27/h7-9,14-15,18,25-26,28,30,36-37,39H,5-6,10-13,16-17,19-20H2,1-4H3;7,9,13-14,16-17,19-20H,3-6,8,10-12H2,1-2H3/t25?,26?,28-,30?,31-,32-,33-;13-,14?,16?,17?,19?,20?,22-,23+,24?/m00/s1. The van der Waals surface area contributed by atoms with Crippen LogP contribution in [-0.2, 0) is 58.2 Å². The van der Waals surface area contributed by atoms with E-state index in [1.165, 1.54) is 5.57 Å². The van der Waals surface area contributed by atoms with Crippen LogP contribution in [0.2, 0.25) is 0 Å². The first-order chi connectivity index (χ1) is 35.8. The molecule has 2 aromatic rings. The maximum atomic E-state index is 14.0. The zero-order valence-corrected chi connectivity index (χ0v) is 45.1. The summed E-state index contributed by atoms with van der Waals surface area (Å²) in [5.74, 6) is -0.960. The third kappa shape index (κ3) is 7.92. The summed E-state index contributed by atoms with van der Waals surface area (Å²) in [5, 5.41) is 37.7. The van der Waals surface area contributed by atoms with Gasteiger partial charge >= 0.3 is 7.60 Å². The molecule has 16 atom stereocenters. The third-order valence-corrected chi connectivity index (χ3v) is 22.7. The number of hydrogen-bond donors (Lipinski definition) is 3. The molecule has 8 aliphatic carbocycles. The van der Waals surface area contributed by atoms with Gasteiger partial charge < -0.3 is 52.8 Å². The van der Waals surface area contributed by atoms with E-state index in [4.69, 9.17) is 37.8 Å². The van der Waals surface area contributed by atoms with Gasteiger partial charge in [-0.25, -0.2) is 4.68 Å². The molecule has 0 amide bonds. The summed E-state index contributed by atoms with van der Waals surface area (Å²) in [6, 6.07) is 7.49. The van der Waals surface area contributed by atoms with Gasteiger partial charge in [0.2, 0.25) is 5.79 Å². The van der Waals surface area contributed by atoms with E-state index in [2.05, 4.69) is 19.9 Å². The normalized spacial score (nSPS) is 42.3. The van der Waals surface area contributed by atoms with E-state index in [-0.39, 0.29) is 91.6 Å². The van der Waals surface area contributed by atoms with Gasteiger partial charge in [-0.2, -0.15) is 5.10 Å². The lowest BCUT2D eigenvalue weighted by molar-refractivity contribution is -0.230. The quantitative estimate of drug-likeness (QED) is 0.114. The zero-order valence-electron chi connectivity index (χ0n) is 44.2. The van der Waals surface area contributed by atoms with Crippen LogP contribution in [0.1, 0.15) is 117 Å². The van der Waals surface area contributed by atoms with Crippen LogP contribution in [0.25, 0.3) is 11.8 Å². The molecule has 18 heteroatoms. The second-order valence-electron chi connectivity index (χ2n) is 24.1. The van der Waals surface area contributed by atoms with Crippen LogP contribution in [0, 0.1) is 69.5 Å².